The van der Waals surface area contributed by atoms with E-state index in [0.29, 0.717) is 37.7 Å². The van der Waals surface area contributed by atoms with E-state index in [1.165, 1.54) is 20.4 Å². The van der Waals surface area contributed by atoms with Crippen LogP contribution in [0.25, 0.3) is 0 Å². The molecule has 118 valence electrons. The number of ether oxygens (including phenoxy) is 3. The van der Waals surface area contributed by atoms with Crippen LogP contribution in [0.5, 0.6) is 5.88 Å². The highest BCUT2D eigenvalue weighted by molar-refractivity contribution is 5.95. The highest BCUT2D eigenvalue weighted by Gasteiger charge is 2.57. The predicted molar refractivity (Wildman–Crippen MR) is 75.5 cm³/mol. The number of pyridine rings is 1. The molecule has 0 aliphatic carbocycles. The molecular weight excluding hydrogens is 288 g/mol. The van der Waals surface area contributed by atoms with Crippen molar-refractivity contribution in [3.8, 4) is 5.88 Å². The van der Waals surface area contributed by atoms with Crippen LogP contribution in [0.4, 0.5) is 0 Å². The maximum absolute atomic E-state index is 12.6. The van der Waals surface area contributed by atoms with Crippen molar-refractivity contribution in [3.63, 3.8) is 0 Å². The van der Waals surface area contributed by atoms with Crippen molar-refractivity contribution in [1.82, 2.24) is 9.88 Å². The molecule has 1 amide bonds. The van der Waals surface area contributed by atoms with Gasteiger partial charge in [-0.1, -0.05) is 0 Å². The fourth-order valence-corrected chi connectivity index (χ4v) is 3.22. The van der Waals surface area contributed by atoms with E-state index in [0.717, 1.165) is 0 Å². The van der Waals surface area contributed by atoms with Gasteiger partial charge in [-0.2, -0.15) is 0 Å². The first-order valence-electron chi connectivity index (χ1n) is 7.06. The van der Waals surface area contributed by atoms with E-state index in [4.69, 9.17) is 14.2 Å². The maximum Gasteiger partial charge on any atom is 0.316 e. The Morgan fingerprint density at radius 3 is 3.00 bits per heavy atom. The lowest BCUT2D eigenvalue weighted by molar-refractivity contribution is -0.153. The molecule has 1 aromatic rings. The third kappa shape index (κ3) is 2.21. The number of hydrogen-bond acceptors (Lipinski definition) is 6. The van der Waals surface area contributed by atoms with Gasteiger partial charge in [0.15, 0.2) is 0 Å². The average Bonchev–Trinajstić information content (AvgIpc) is 3.11. The number of esters is 1. The van der Waals surface area contributed by atoms with Gasteiger partial charge in [0.2, 0.25) is 5.88 Å². The molecule has 0 aromatic carbocycles. The molecule has 2 aliphatic rings. The number of likely N-dealkylation sites (tertiary alicyclic amines) is 1. The minimum Gasteiger partial charge on any atom is -0.481 e. The Labute approximate surface area is 128 Å². The third-order valence-electron chi connectivity index (χ3n) is 4.44. The lowest BCUT2D eigenvalue weighted by atomic mass is 9.81. The highest BCUT2D eigenvalue weighted by Crippen LogP contribution is 2.42. The minimum atomic E-state index is -0.735. The van der Waals surface area contributed by atoms with Gasteiger partial charge in [-0.25, -0.2) is 4.98 Å². The van der Waals surface area contributed by atoms with Crippen molar-refractivity contribution in [2.75, 3.05) is 40.5 Å². The Balaban J connectivity index is 1.82. The van der Waals surface area contributed by atoms with E-state index < -0.39 is 5.41 Å². The largest absolute Gasteiger partial charge is 0.481 e. The van der Waals surface area contributed by atoms with Gasteiger partial charge in [0.05, 0.1) is 27.4 Å². The molecule has 3 rings (SSSR count). The number of carbonyl (C=O) groups excluding carboxylic acids is 2. The SMILES string of the molecule is COC(=O)[C@@]12COC[C@@H]1CN(C(=O)c1ccnc(OC)c1)C2. The lowest BCUT2D eigenvalue weighted by Gasteiger charge is -2.23. The first-order valence-corrected chi connectivity index (χ1v) is 7.06. The molecule has 2 fully saturated rings. The summed E-state index contributed by atoms with van der Waals surface area (Å²) in [6.45, 7) is 1.57. The van der Waals surface area contributed by atoms with Crippen LogP contribution in [0.1, 0.15) is 10.4 Å². The van der Waals surface area contributed by atoms with Crippen LogP contribution in [0.2, 0.25) is 0 Å². The Morgan fingerprint density at radius 1 is 1.45 bits per heavy atom. The minimum absolute atomic E-state index is 0.0207. The van der Waals surface area contributed by atoms with E-state index in [1.807, 2.05) is 0 Å². The summed E-state index contributed by atoms with van der Waals surface area (Å²) in [6.07, 6.45) is 1.53. The number of rotatable bonds is 3. The zero-order chi connectivity index (χ0) is 15.7. The summed E-state index contributed by atoms with van der Waals surface area (Å²) in [4.78, 5) is 30.5. The van der Waals surface area contributed by atoms with Crippen LogP contribution >= 0.6 is 0 Å². The summed E-state index contributed by atoms with van der Waals surface area (Å²) in [5, 5.41) is 0. The van der Waals surface area contributed by atoms with Gasteiger partial charge in [-0.05, 0) is 6.07 Å². The summed E-state index contributed by atoms with van der Waals surface area (Å²) in [5.41, 5.74) is -0.241. The molecule has 2 atom stereocenters. The zero-order valence-electron chi connectivity index (χ0n) is 12.6. The standard InChI is InChI=1S/C15H18N2O5/c1-20-12-5-10(3-4-16-12)13(18)17-6-11-7-22-9-15(11,8-17)14(19)21-2/h3-5,11H,6-9H2,1-2H3/t11-,15-/m0/s1. The molecule has 2 aliphatic heterocycles. The molecule has 0 radical (unpaired) electrons. The van der Waals surface area contributed by atoms with Gasteiger partial charge < -0.3 is 19.1 Å². The van der Waals surface area contributed by atoms with E-state index in [2.05, 4.69) is 4.98 Å². The van der Waals surface area contributed by atoms with Gasteiger partial charge in [-0.15, -0.1) is 0 Å². The molecule has 3 heterocycles. The monoisotopic (exact) mass is 306 g/mol. The smallest absolute Gasteiger partial charge is 0.316 e. The topological polar surface area (TPSA) is 78.0 Å². The molecular formula is C15H18N2O5. The number of carbonyl (C=O) groups is 2. The van der Waals surface area contributed by atoms with Crippen molar-refractivity contribution in [1.29, 1.82) is 0 Å². The Hall–Kier alpha value is -2.15. The number of hydrogen-bond donors (Lipinski definition) is 0. The summed E-state index contributed by atoms with van der Waals surface area (Å²) >= 11 is 0. The number of fused-ring (bicyclic) bond motifs is 1. The van der Waals surface area contributed by atoms with Crippen molar-refractivity contribution >= 4 is 11.9 Å². The van der Waals surface area contributed by atoms with Gasteiger partial charge in [0.25, 0.3) is 5.91 Å². The maximum atomic E-state index is 12.6. The molecule has 0 saturated carbocycles. The predicted octanol–water partition coefficient (Wildman–Crippen LogP) is 0.352. The molecule has 22 heavy (non-hydrogen) atoms. The summed E-state index contributed by atoms with van der Waals surface area (Å²) in [7, 11) is 2.87. The van der Waals surface area contributed by atoms with Crippen LogP contribution in [0.15, 0.2) is 18.3 Å². The van der Waals surface area contributed by atoms with Crippen molar-refractivity contribution in [2.24, 2.45) is 11.3 Å². The van der Waals surface area contributed by atoms with Crippen LogP contribution < -0.4 is 4.74 Å². The summed E-state index contributed by atoms with van der Waals surface area (Å²) < 4.78 is 15.4. The molecule has 0 bridgehead atoms. The fourth-order valence-electron chi connectivity index (χ4n) is 3.22. The van der Waals surface area contributed by atoms with E-state index in [9.17, 15) is 9.59 Å². The van der Waals surface area contributed by atoms with Crippen molar-refractivity contribution < 1.29 is 23.8 Å². The average molecular weight is 306 g/mol. The Morgan fingerprint density at radius 2 is 2.27 bits per heavy atom. The Bertz CT molecular complexity index is 605. The molecule has 7 heteroatoms. The number of methoxy groups -OCH3 is 2. The van der Waals surface area contributed by atoms with Crippen molar-refractivity contribution in [3.05, 3.63) is 23.9 Å². The molecule has 0 N–H and O–H groups in total. The van der Waals surface area contributed by atoms with Crippen molar-refractivity contribution in [2.45, 2.75) is 0 Å². The second-order valence-corrected chi connectivity index (χ2v) is 5.63. The van der Waals surface area contributed by atoms with Gasteiger partial charge in [-0.3, -0.25) is 9.59 Å². The fraction of sp³-hybridized carbons (Fsp3) is 0.533. The molecule has 0 spiro atoms. The van der Waals surface area contributed by atoms with Gasteiger partial charge >= 0.3 is 5.97 Å². The quantitative estimate of drug-likeness (QED) is 0.750. The van der Waals surface area contributed by atoms with Crippen LogP contribution in [-0.4, -0.2) is 62.3 Å². The second-order valence-electron chi connectivity index (χ2n) is 5.63. The van der Waals surface area contributed by atoms with E-state index in [-0.39, 0.29) is 17.8 Å². The summed E-state index contributed by atoms with van der Waals surface area (Å²) in [6, 6.07) is 3.23. The Kier molecular flexibility index (Phi) is 3.74. The van der Waals surface area contributed by atoms with Crippen LogP contribution in [0.3, 0.4) is 0 Å². The summed E-state index contributed by atoms with van der Waals surface area (Å²) in [5.74, 6) is -0.0834. The van der Waals surface area contributed by atoms with Crippen LogP contribution in [0, 0.1) is 11.3 Å². The van der Waals surface area contributed by atoms with Gasteiger partial charge in [0.1, 0.15) is 5.41 Å². The first-order chi connectivity index (χ1) is 10.6. The first kappa shape index (κ1) is 14.8. The molecule has 7 nitrogen and oxygen atoms in total. The number of amides is 1. The zero-order valence-corrected chi connectivity index (χ0v) is 12.6. The molecule has 1 aromatic heterocycles. The molecule has 2 saturated heterocycles. The van der Waals surface area contributed by atoms with E-state index in [1.54, 1.807) is 17.0 Å². The highest BCUT2D eigenvalue weighted by atomic mass is 16.5. The lowest BCUT2D eigenvalue weighted by Crippen LogP contribution is -2.41. The normalized spacial score (nSPS) is 26.6. The van der Waals surface area contributed by atoms with Gasteiger partial charge in [0, 0.05) is 36.8 Å². The second kappa shape index (κ2) is 5.57. The third-order valence-corrected chi connectivity index (χ3v) is 4.44. The number of nitrogens with zero attached hydrogens (tertiary/aromatic N) is 2. The van der Waals surface area contributed by atoms with E-state index >= 15 is 0 Å². The molecule has 0 unspecified atom stereocenters. The van der Waals surface area contributed by atoms with Crippen LogP contribution in [-0.2, 0) is 14.3 Å². The number of aromatic nitrogens is 1.